The Bertz CT molecular complexity index is 1370. The Morgan fingerprint density at radius 1 is 0.909 bits per heavy atom. The SMILES string of the molecule is O=C1N[C@H](Cc2cn(Cc3ccccc3)nn2)C(=O)N2CCC(CC2)CN(C2CCCC2)CCOCCOc2ncccc21. The summed E-state index contributed by atoms with van der Waals surface area (Å²) >= 11 is 0. The Labute approximate surface area is 258 Å². The first-order valence-corrected chi connectivity index (χ1v) is 16.0. The Morgan fingerprint density at radius 2 is 1.73 bits per heavy atom. The molecule has 7 rings (SSSR count). The predicted octanol–water partition coefficient (Wildman–Crippen LogP) is 2.95. The van der Waals surface area contributed by atoms with Crippen LogP contribution in [0.15, 0.2) is 54.9 Å². The molecule has 234 valence electrons. The summed E-state index contributed by atoms with van der Waals surface area (Å²) in [7, 11) is 0. The number of carbonyl (C=O) groups excluding carboxylic acids is 2. The van der Waals surface area contributed by atoms with Gasteiger partial charge in [-0.2, -0.15) is 0 Å². The summed E-state index contributed by atoms with van der Waals surface area (Å²) in [6.45, 7) is 5.19. The topological polar surface area (TPSA) is 115 Å². The fraction of sp³-hybridized carbons (Fsp3) is 0.545. The number of carbonyl (C=O) groups is 2. The van der Waals surface area contributed by atoms with Gasteiger partial charge in [-0.3, -0.25) is 14.5 Å². The highest BCUT2D eigenvalue weighted by atomic mass is 16.5. The Morgan fingerprint density at radius 3 is 2.55 bits per heavy atom. The van der Waals surface area contributed by atoms with Crippen molar-refractivity contribution in [3.8, 4) is 5.88 Å². The molecule has 44 heavy (non-hydrogen) atoms. The van der Waals surface area contributed by atoms with Gasteiger partial charge in [0, 0.05) is 51.0 Å². The van der Waals surface area contributed by atoms with Gasteiger partial charge in [0.2, 0.25) is 11.8 Å². The lowest BCUT2D eigenvalue weighted by molar-refractivity contribution is -0.134. The minimum absolute atomic E-state index is 0.0945. The van der Waals surface area contributed by atoms with Gasteiger partial charge in [-0.1, -0.05) is 48.4 Å². The molecule has 0 unspecified atom stereocenters. The lowest BCUT2D eigenvalue weighted by Gasteiger charge is -2.38. The van der Waals surface area contributed by atoms with Crippen molar-refractivity contribution in [2.24, 2.45) is 5.92 Å². The second-order valence-electron chi connectivity index (χ2n) is 12.1. The summed E-state index contributed by atoms with van der Waals surface area (Å²) in [4.78, 5) is 36.4. The summed E-state index contributed by atoms with van der Waals surface area (Å²) in [5.41, 5.74) is 2.03. The molecular formula is C33H43N7O4. The number of nitrogens with zero attached hydrogens (tertiary/aromatic N) is 6. The van der Waals surface area contributed by atoms with Gasteiger partial charge >= 0.3 is 0 Å². The molecule has 1 atom stereocenters. The van der Waals surface area contributed by atoms with Gasteiger partial charge in [-0.25, -0.2) is 9.67 Å². The van der Waals surface area contributed by atoms with E-state index in [1.54, 1.807) is 23.0 Å². The average molecular weight is 602 g/mol. The number of amides is 2. The molecule has 0 radical (unpaired) electrons. The van der Waals surface area contributed by atoms with Gasteiger partial charge in [0.1, 0.15) is 18.2 Å². The van der Waals surface area contributed by atoms with Gasteiger partial charge in [0.05, 0.1) is 25.5 Å². The van der Waals surface area contributed by atoms with E-state index >= 15 is 0 Å². The maximum atomic E-state index is 14.0. The minimum atomic E-state index is -0.800. The van der Waals surface area contributed by atoms with Crippen molar-refractivity contribution >= 4 is 11.8 Å². The summed E-state index contributed by atoms with van der Waals surface area (Å²) in [6, 6.07) is 13.2. The van der Waals surface area contributed by atoms with Crippen molar-refractivity contribution in [2.75, 3.05) is 46.0 Å². The Kier molecular flexibility index (Phi) is 10.1. The van der Waals surface area contributed by atoms with Crippen LogP contribution in [-0.2, 0) is 22.5 Å². The number of piperidine rings is 1. The van der Waals surface area contributed by atoms with Gasteiger partial charge in [0.25, 0.3) is 5.91 Å². The van der Waals surface area contributed by atoms with Crippen LogP contribution in [0.25, 0.3) is 0 Å². The van der Waals surface area contributed by atoms with E-state index in [0.717, 1.165) is 31.5 Å². The molecule has 0 spiro atoms. The minimum Gasteiger partial charge on any atom is -0.475 e. The predicted molar refractivity (Wildman–Crippen MR) is 164 cm³/mol. The molecule has 1 aromatic carbocycles. The van der Waals surface area contributed by atoms with E-state index in [2.05, 4.69) is 25.5 Å². The van der Waals surface area contributed by atoms with Gasteiger partial charge in [0.15, 0.2) is 0 Å². The summed E-state index contributed by atoms with van der Waals surface area (Å²) in [5.74, 6) is 0.254. The highest BCUT2D eigenvalue weighted by molar-refractivity contribution is 5.99. The van der Waals surface area contributed by atoms with E-state index in [9.17, 15) is 9.59 Å². The van der Waals surface area contributed by atoms with Crippen LogP contribution in [0.4, 0.5) is 0 Å². The molecule has 1 saturated heterocycles. The van der Waals surface area contributed by atoms with Crippen molar-refractivity contribution in [1.82, 2.24) is 35.1 Å². The van der Waals surface area contributed by atoms with E-state index in [0.29, 0.717) is 50.5 Å². The number of rotatable bonds is 5. The maximum absolute atomic E-state index is 14.0. The first-order chi connectivity index (χ1) is 21.6. The summed E-state index contributed by atoms with van der Waals surface area (Å²) < 4.78 is 13.6. The van der Waals surface area contributed by atoms with Crippen molar-refractivity contribution < 1.29 is 19.1 Å². The first-order valence-electron chi connectivity index (χ1n) is 16.0. The molecule has 11 heteroatoms. The third-order valence-corrected chi connectivity index (χ3v) is 9.06. The van der Waals surface area contributed by atoms with E-state index in [1.807, 2.05) is 41.4 Å². The number of nitrogens with one attached hydrogen (secondary N) is 1. The number of aromatic nitrogens is 4. The number of fused-ring (bicyclic) bond motifs is 12. The summed E-state index contributed by atoms with van der Waals surface area (Å²) in [6.07, 6.45) is 10.7. The monoisotopic (exact) mass is 601 g/mol. The lowest BCUT2D eigenvalue weighted by atomic mass is 9.94. The van der Waals surface area contributed by atoms with Crippen LogP contribution >= 0.6 is 0 Å². The molecule has 5 heterocycles. The molecule has 2 amide bonds. The van der Waals surface area contributed by atoms with Gasteiger partial charge in [-0.05, 0) is 49.3 Å². The lowest BCUT2D eigenvalue weighted by Crippen LogP contribution is -2.52. The zero-order chi connectivity index (χ0) is 30.1. The van der Waals surface area contributed by atoms with Crippen molar-refractivity contribution in [3.63, 3.8) is 0 Å². The van der Waals surface area contributed by atoms with E-state index in [4.69, 9.17) is 9.47 Å². The molecule has 11 nitrogen and oxygen atoms in total. The van der Waals surface area contributed by atoms with Gasteiger partial charge < -0.3 is 19.7 Å². The Hall–Kier alpha value is -3.83. The average Bonchev–Trinajstić information content (AvgIpc) is 3.75. The highest BCUT2D eigenvalue weighted by Crippen LogP contribution is 2.27. The number of hydrogen-bond acceptors (Lipinski definition) is 8. The maximum Gasteiger partial charge on any atom is 0.257 e. The summed E-state index contributed by atoms with van der Waals surface area (Å²) in [5, 5.41) is 11.6. The number of ether oxygens (including phenoxy) is 2. The molecular weight excluding hydrogens is 558 g/mol. The van der Waals surface area contributed by atoms with Crippen LogP contribution in [0, 0.1) is 5.92 Å². The normalized spacial score (nSPS) is 23.0. The van der Waals surface area contributed by atoms with E-state index in [-0.39, 0.29) is 30.4 Å². The third kappa shape index (κ3) is 7.81. The number of pyridine rings is 1. The molecule has 2 fully saturated rings. The van der Waals surface area contributed by atoms with Crippen LogP contribution in [0.2, 0.25) is 0 Å². The van der Waals surface area contributed by atoms with Crippen molar-refractivity contribution in [1.29, 1.82) is 0 Å². The largest absolute Gasteiger partial charge is 0.475 e. The highest BCUT2D eigenvalue weighted by Gasteiger charge is 2.33. The zero-order valence-corrected chi connectivity index (χ0v) is 25.4. The van der Waals surface area contributed by atoms with E-state index < -0.39 is 11.9 Å². The van der Waals surface area contributed by atoms with Gasteiger partial charge in [-0.15, -0.1) is 5.10 Å². The molecule has 3 aromatic rings. The molecule has 4 aliphatic rings. The molecule has 1 saturated carbocycles. The standard InChI is InChI=1S/C33H43N7O4/c41-31-29-11-6-14-34-32(29)44-20-19-43-18-17-39(28-9-4-5-10-28)22-26-12-15-38(16-13-26)33(42)30(35-31)21-27-24-40(37-36-27)23-25-7-2-1-3-8-25/h1-3,6-8,11,14,24,26,28,30H,4-5,9-10,12-13,15-23H2,(H,35,41)/t30-/m1/s1. The van der Waals surface area contributed by atoms with Crippen LogP contribution in [-0.4, -0.2) is 99.7 Å². The van der Waals surface area contributed by atoms with Crippen molar-refractivity contribution in [2.45, 2.75) is 63.6 Å². The third-order valence-electron chi connectivity index (χ3n) is 9.06. The first kappa shape index (κ1) is 30.2. The van der Waals surface area contributed by atoms with Crippen LogP contribution in [0.3, 0.4) is 0 Å². The van der Waals surface area contributed by atoms with E-state index in [1.165, 1.54) is 25.7 Å². The molecule has 3 aliphatic heterocycles. The quantitative estimate of drug-likeness (QED) is 0.444. The molecule has 1 aliphatic carbocycles. The van der Waals surface area contributed by atoms with Crippen LogP contribution < -0.4 is 10.1 Å². The second-order valence-corrected chi connectivity index (χ2v) is 12.1. The molecule has 2 bridgehead atoms. The Balaban J connectivity index is 1.21. The second kappa shape index (κ2) is 14.8. The smallest absolute Gasteiger partial charge is 0.257 e. The van der Waals surface area contributed by atoms with Crippen LogP contribution in [0.5, 0.6) is 5.88 Å². The van der Waals surface area contributed by atoms with Crippen LogP contribution in [0.1, 0.15) is 60.1 Å². The fourth-order valence-electron chi connectivity index (χ4n) is 6.67. The fourth-order valence-corrected chi connectivity index (χ4v) is 6.67. The van der Waals surface area contributed by atoms with Crippen molar-refractivity contribution in [3.05, 3.63) is 71.7 Å². The zero-order valence-electron chi connectivity index (χ0n) is 25.4. The molecule has 1 N–H and O–H groups in total. The molecule has 2 aromatic heterocycles. The number of hydrogen-bond donors (Lipinski definition) is 1. The number of benzene rings is 1.